The van der Waals surface area contributed by atoms with Gasteiger partial charge in [0, 0.05) is 31.5 Å². The second-order valence-electron chi connectivity index (χ2n) is 9.84. The summed E-state index contributed by atoms with van der Waals surface area (Å²) in [5.74, 6) is 0. The molecule has 2 heterocycles. The molecule has 1 atom stereocenters. The molecule has 3 nitrogen and oxygen atoms in total. The molecule has 0 bridgehead atoms. The molecule has 1 aliphatic carbocycles. The number of benzene rings is 4. The SMILES string of the molecule is CC1(c2cc(C#N)ccc2-n2c3ccccc3c3ccccc32)C=Cc2sc3ccc(N)cc3c2C1. The number of nitrogens with zero attached hydrogens (tertiary/aromatic N) is 2. The zero-order valence-electron chi connectivity index (χ0n) is 19.8. The van der Waals surface area contributed by atoms with Crippen molar-refractivity contribution in [3.05, 3.63) is 113 Å². The summed E-state index contributed by atoms with van der Waals surface area (Å²) >= 11 is 1.82. The average Bonchev–Trinajstić information content (AvgIpc) is 3.43. The summed E-state index contributed by atoms with van der Waals surface area (Å²) in [4.78, 5) is 1.29. The first kappa shape index (κ1) is 21.0. The highest BCUT2D eigenvalue weighted by molar-refractivity contribution is 7.20. The number of fused-ring (bicyclic) bond motifs is 6. The van der Waals surface area contributed by atoms with Crippen molar-refractivity contribution in [2.45, 2.75) is 18.8 Å². The van der Waals surface area contributed by atoms with Gasteiger partial charge in [0.15, 0.2) is 0 Å². The third kappa shape index (κ3) is 2.97. The Labute approximate surface area is 213 Å². The van der Waals surface area contributed by atoms with E-state index in [1.54, 1.807) is 0 Å². The van der Waals surface area contributed by atoms with E-state index in [-0.39, 0.29) is 5.41 Å². The largest absolute Gasteiger partial charge is 0.399 e. The van der Waals surface area contributed by atoms with Crippen LogP contribution in [-0.4, -0.2) is 4.57 Å². The van der Waals surface area contributed by atoms with Gasteiger partial charge in [-0.3, -0.25) is 0 Å². The molecule has 0 radical (unpaired) electrons. The van der Waals surface area contributed by atoms with Gasteiger partial charge in [0.2, 0.25) is 0 Å². The zero-order valence-corrected chi connectivity index (χ0v) is 20.6. The molecule has 1 aliphatic rings. The Morgan fingerprint density at radius 3 is 2.33 bits per heavy atom. The predicted octanol–water partition coefficient (Wildman–Crippen LogP) is 7.98. The van der Waals surface area contributed by atoms with Crippen LogP contribution in [0, 0.1) is 11.3 Å². The Hall–Kier alpha value is -4.33. The van der Waals surface area contributed by atoms with Gasteiger partial charge >= 0.3 is 0 Å². The van der Waals surface area contributed by atoms with Gasteiger partial charge in [-0.15, -0.1) is 11.3 Å². The van der Waals surface area contributed by atoms with E-state index in [1.807, 2.05) is 23.5 Å². The Kier molecular flexibility index (Phi) is 4.42. The number of nitriles is 1. The Bertz CT molecular complexity index is 1860. The summed E-state index contributed by atoms with van der Waals surface area (Å²) in [6, 6.07) is 31.8. The number of hydrogen-bond donors (Lipinski definition) is 1. The quantitative estimate of drug-likeness (QED) is 0.255. The van der Waals surface area contributed by atoms with Crippen LogP contribution in [0.25, 0.3) is 43.7 Å². The van der Waals surface area contributed by atoms with Gasteiger partial charge in [-0.05, 0) is 77.5 Å². The summed E-state index contributed by atoms with van der Waals surface area (Å²) in [6.45, 7) is 2.29. The van der Waals surface area contributed by atoms with Gasteiger partial charge < -0.3 is 10.3 Å². The highest BCUT2D eigenvalue weighted by Crippen LogP contribution is 2.45. The minimum Gasteiger partial charge on any atom is -0.399 e. The van der Waals surface area contributed by atoms with Crippen molar-refractivity contribution in [2.75, 3.05) is 5.73 Å². The molecule has 2 N–H and O–H groups in total. The van der Waals surface area contributed by atoms with Crippen LogP contribution in [0.4, 0.5) is 5.69 Å². The monoisotopic (exact) mass is 481 g/mol. The number of para-hydroxylation sites is 2. The number of anilines is 1. The number of aromatic nitrogens is 1. The van der Waals surface area contributed by atoms with Crippen LogP contribution in [0.5, 0.6) is 0 Å². The number of thiophene rings is 1. The second kappa shape index (κ2) is 7.58. The lowest BCUT2D eigenvalue weighted by Gasteiger charge is -2.32. The molecule has 0 aliphatic heterocycles. The minimum atomic E-state index is -0.291. The van der Waals surface area contributed by atoms with Gasteiger partial charge in [-0.1, -0.05) is 49.4 Å². The molecule has 1 unspecified atom stereocenters. The van der Waals surface area contributed by atoms with Crippen molar-refractivity contribution in [3.8, 4) is 11.8 Å². The van der Waals surface area contributed by atoms with Crippen LogP contribution in [-0.2, 0) is 11.8 Å². The first-order valence-corrected chi connectivity index (χ1v) is 12.9. The maximum Gasteiger partial charge on any atom is 0.0991 e. The lowest BCUT2D eigenvalue weighted by atomic mass is 9.73. The van der Waals surface area contributed by atoms with E-state index in [0.717, 1.165) is 23.4 Å². The van der Waals surface area contributed by atoms with Gasteiger partial charge in [-0.25, -0.2) is 0 Å². The molecule has 6 aromatic rings. The number of rotatable bonds is 2. The number of hydrogen-bond acceptors (Lipinski definition) is 3. The van der Waals surface area contributed by atoms with Gasteiger partial charge in [0.25, 0.3) is 0 Å². The smallest absolute Gasteiger partial charge is 0.0991 e. The van der Waals surface area contributed by atoms with E-state index < -0.39 is 0 Å². The van der Waals surface area contributed by atoms with Crippen LogP contribution < -0.4 is 5.73 Å². The molecular formula is C32H23N3S. The molecule has 0 spiro atoms. The Balaban J connectivity index is 1.50. The third-order valence-corrected chi connectivity index (χ3v) is 8.73. The van der Waals surface area contributed by atoms with Crippen molar-refractivity contribution in [3.63, 3.8) is 0 Å². The van der Waals surface area contributed by atoms with E-state index in [2.05, 4.69) is 103 Å². The standard InChI is InChI=1S/C32H23N3S/c1-32(15-14-31-25(18-32)24-17-21(34)11-13-30(24)36-31)26-16-20(19-33)10-12-29(26)35-27-8-4-2-6-22(27)23-7-3-5-9-28(23)35/h2-17H,18,34H2,1H3. The molecule has 2 aromatic heterocycles. The molecule has 0 saturated heterocycles. The minimum absolute atomic E-state index is 0.291. The maximum absolute atomic E-state index is 9.82. The van der Waals surface area contributed by atoms with E-state index in [0.29, 0.717) is 5.56 Å². The van der Waals surface area contributed by atoms with Crippen molar-refractivity contribution in [1.82, 2.24) is 4.57 Å². The maximum atomic E-state index is 9.82. The molecule has 36 heavy (non-hydrogen) atoms. The Morgan fingerprint density at radius 2 is 1.61 bits per heavy atom. The molecule has 0 fully saturated rings. The van der Waals surface area contributed by atoms with Crippen LogP contribution in [0.15, 0.2) is 91.0 Å². The highest BCUT2D eigenvalue weighted by Gasteiger charge is 2.33. The van der Waals surface area contributed by atoms with Gasteiger partial charge in [0.05, 0.1) is 28.4 Å². The molecule has 7 rings (SSSR count). The molecule has 0 amide bonds. The normalized spacial score (nSPS) is 17.0. The number of allylic oxidation sites excluding steroid dienone is 1. The molecule has 4 heteroatoms. The fraction of sp³-hybridized carbons (Fsp3) is 0.0938. The van der Waals surface area contributed by atoms with E-state index >= 15 is 0 Å². The fourth-order valence-corrected chi connectivity index (χ4v) is 6.92. The molecule has 172 valence electrons. The van der Waals surface area contributed by atoms with Crippen LogP contribution in [0.2, 0.25) is 0 Å². The van der Waals surface area contributed by atoms with Crippen LogP contribution in [0.3, 0.4) is 0 Å². The van der Waals surface area contributed by atoms with Gasteiger partial charge in [-0.2, -0.15) is 5.26 Å². The molecule has 4 aromatic carbocycles. The van der Waals surface area contributed by atoms with E-state index in [1.165, 1.54) is 42.3 Å². The first-order valence-electron chi connectivity index (χ1n) is 12.1. The first-order chi connectivity index (χ1) is 17.6. The number of nitrogen functional groups attached to an aromatic ring is 1. The van der Waals surface area contributed by atoms with Gasteiger partial charge in [0.1, 0.15) is 0 Å². The lowest BCUT2D eigenvalue weighted by molar-refractivity contribution is 0.588. The average molecular weight is 482 g/mol. The summed E-state index contributed by atoms with van der Waals surface area (Å²) < 4.78 is 3.62. The zero-order chi connectivity index (χ0) is 24.4. The van der Waals surface area contributed by atoms with E-state index in [9.17, 15) is 5.26 Å². The predicted molar refractivity (Wildman–Crippen MR) is 152 cm³/mol. The van der Waals surface area contributed by atoms with Crippen molar-refractivity contribution < 1.29 is 0 Å². The lowest BCUT2D eigenvalue weighted by Crippen LogP contribution is -2.26. The van der Waals surface area contributed by atoms with Crippen molar-refractivity contribution >= 4 is 55.0 Å². The van der Waals surface area contributed by atoms with Crippen LogP contribution in [0.1, 0.15) is 28.5 Å². The fourth-order valence-electron chi connectivity index (χ4n) is 5.81. The third-order valence-electron chi connectivity index (χ3n) is 7.55. The molecule has 0 saturated carbocycles. The number of nitrogens with two attached hydrogens (primary N) is 1. The van der Waals surface area contributed by atoms with Crippen molar-refractivity contribution in [2.24, 2.45) is 0 Å². The summed E-state index contributed by atoms with van der Waals surface area (Å²) in [6.07, 6.45) is 5.43. The Morgan fingerprint density at radius 1 is 0.889 bits per heavy atom. The molecular weight excluding hydrogens is 458 g/mol. The van der Waals surface area contributed by atoms with Crippen LogP contribution >= 0.6 is 11.3 Å². The summed E-state index contributed by atoms with van der Waals surface area (Å²) in [7, 11) is 0. The highest BCUT2D eigenvalue weighted by atomic mass is 32.1. The summed E-state index contributed by atoms with van der Waals surface area (Å²) in [5, 5.41) is 13.5. The van der Waals surface area contributed by atoms with Crippen molar-refractivity contribution in [1.29, 1.82) is 5.26 Å². The topological polar surface area (TPSA) is 54.7 Å². The summed E-state index contributed by atoms with van der Waals surface area (Å²) in [5.41, 5.74) is 13.3. The second-order valence-corrected chi connectivity index (χ2v) is 10.9. The van der Waals surface area contributed by atoms with E-state index in [4.69, 9.17) is 5.73 Å².